The molecule has 0 bridgehead atoms. The Morgan fingerprint density at radius 1 is 1.18 bits per heavy atom. The molecule has 0 aliphatic carbocycles. The Morgan fingerprint density at radius 3 is 2.62 bits per heavy atom. The van der Waals surface area contributed by atoms with Gasteiger partial charge in [-0.25, -0.2) is 4.98 Å². The number of hydrogen-bond donors (Lipinski definition) is 2. The van der Waals surface area contributed by atoms with Crippen molar-refractivity contribution in [1.82, 2.24) is 19.2 Å². The number of aromatic nitrogens is 2. The second-order valence-corrected chi connectivity index (χ2v) is 11.5. The molecule has 2 saturated heterocycles. The fourth-order valence-corrected chi connectivity index (χ4v) is 5.85. The molecule has 0 spiro atoms. The predicted molar refractivity (Wildman–Crippen MR) is 164 cm³/mol. The summed E-state index contributed by atoms with van der Waals surface area (Å²) in [5, 5.41) is 6.56. The van der Waals surface area contributed by atoms with E-state index in [0.717, 1.165) is 64.0 Å². The van der Waals surface area contributed by atoms with Crippen molar-refractivity contribution in [3.8, 4) is 11.6 Å². The minimum atomic E-state index is -0.289. The van der Waals surface area contributed by atoms with Crippen LogP contribution in [0, 0.1) is 0 Å². The van der Waals surface area contributed by atoms with Gasteiger partial charge in [0, 0.05) is 38.3 Å². The molecule has 40 heavy (non-hydrogen) atoms. The van der Waals surface area contributed by atoms with Gasteiger partial charge in [-0.3, -0.25) is 9.10 Å². The molecule has 1 atom stereocenters. The molecule has 2 aliphatic rings. The third-order valence-corrected chi connectivity index (χ3v) is 8.57. The number of benzene rings is 1. The van der Waals surface area contributed by atoms with Gasteiger partial charge in [0.2, 0.25) is 17.7 Å². The summed E-state index contributed by atoms with van der Waals surface area (Å²) in [7, 11) is 5.85. The Labute approximate surface area is 246 Å². The second-order valence-electron chi connectivity index (χ2n) is 10.2. The molecule has 3 heterocycles. The van der Waals surface area contributed by atoms with Gasteiger partial charge in [-0.1, -0.05) is 30.1 Å². The summed E-state index contributed by atoms with van der Waals surface area (Å²) in [6, 6.07) is 4.31. The number of ether oxygens (including phenoxy) is 2. The van der Waals surface area contributed by atoms with Crippen LogP contribution in [0.15, 0.2) is 31.0 Å². The molecule has 2 N–H and O–H groups in total. The lowest BCUT2D eigenvalue weighted by molar-refractivity contribution is -0.111. The summed E-state index contributed by atoms with van der Waals surface area (Å²) >= 11 is 8.19. The molecule has 4 rings (SSSR count). The molecule has 10 nitrogen and oxygen atoms in total. The maximum Gasteiger partial charge on any atom is 0.247 e. The van der Waals surface area contributed by atoms with Crippen molar-refractivity contribution < 1.29 is 14.3 Å². The summed E-state index contributed by atoms with van der Waals surface area (Å²) in [5.74, 6) is 0.976. The van der Waals surface area contributed by atoms with Crippen molar-refractivity contribution in [1.29, 1.82) is 0 Å². The second kappa shape index (κ2) is 14.2. The average molecular weight is 590 g/mol. The smallest absolute Gasteiger partial charge is 0.247 e. The van der Waals surface area contributed by atoms with Gasteiger partial charge < -0.3 is 29.9 Å². The zero-order valence-corrected chi connectivity index (χ0v) is 25.4. The lowest BCUT2D eigenvalue weighted by atomic mass is 10.0. The van der Waals surface area contributed by atoms with Crippen LogP contribution in [0.3, 0.4) is 0 Å². The number of carbonyl (C=O) groups excluding carboxylic acids is 1. The lowest BCUT2D eigenvalue weighted by Crippen LogP contribution is -2.42. The summed E-state index contributed by atoms with van der Waals surface area (Å²) in [6.07, 6.45) is 9.87. The van der Waals surface area contributed by atoms with Crippen LogP contribution in [-0.4, -0.2) is 90.9 Å². The number of nitrogens with zero attached hydrogens (tertiary/aromatic N) is 5. The third-order valence-electron chi connectivity index (χ3n) is 7.43. The van der Waals surface area contributed by atoms with E-state index in [1.54, 1.807) is 19.1 Å². The molecule has 0 radical (unpaired) electrons. The normalized spacial score (nSPS) is 18.8. The van der Waals surface area contributed by atoms with Crippen LogP contribution in [0.2, 0.25) is 5.02 Å². The molecule has 1 unspecified atom stereocenters. The van der Waals surface area contributed by atoms with Crippen molar-refractivity contribution in [2.24, 2.45) is 0 Å². The van der Waals surface area contributed by atoms with Crippen LogP contribution in [0.5, 0.6) is 11.6 Å². The molecular formula is C28H40ClN7O3S. The van der Waals surface area contributed by atoms with E-state index in [-0.39, 0.29) is 12.0 Å². The van der Waals surface area contributed by atoms with Crippen molar-refractivity contribution in [2.75, 3.05) is 69.2 Å². The average Bonchev–Trinajstić information content (AvgIpc) is 3.20. The van der Waals surface area contributed by atoms with E-state index < -0.39 is 0 Å². The molecule has 1 aromatic heterocycles. The molecule has 2 fully saturated rings. The van der Waals surface area contributed by atoms with E-state index in [9.17, 15) is 4.79 Å². The fourth-order valence-electron chi connectivity index (χ4n) is 5.12. The lowest BCUT2D eigenvalue weighted by Gasteiger charge is -2.37. The molecule has 1 amide bonds. The molecule has 1 aromatic carbocycles. The Morgan fingerprint density at radius 2 is 1.95 bits per heavy atom. The number of carbonyl (C=O) groups is 1. The van der Waals surface area contributed by atoms with Crippen molar-refractivity contribution in [2.45, 2.75) is 44.2 Å². The number of anilines is 4. The number of methoxy groups -OCH3 is 1. The Kier molecular flexibility index (Phi) is 10.8. The minimum Gasteiger partial charge on any atom is -0.494 e. The van der Waals surface area contributed by atoms with E-state index in [4.69, 9.17) is 21.1 Å². The first kappa shape index (κ1) is 30.2. The molecule has 2 aromatic rings. The van der Waals surface area contributed by atoms with Gasteiger partial charge in [0.1, 0.15) is 16.9 Å². The minimum absolute atomic E-state index is 0.0311. The third kappa shape index (κ3) is 7.72. The number of hydrogen-bond acceptors (Lipinski definition) is 10. The monoisotopic (exact) mass is 589 g/mol. The highest BCUT2D eigenvalue weighted by atomic mass is 35.5. The highest BCUT2D eigenvalue weighted by Crippen LogP contribution is 2.40. The Balaban J connectivity index is 1.57. The number of nitrogens with one attached hydrogen (secondary N) is 2. The van der Waals surface area contributed by atoms with Crippen LogP contribution in [0.4, 0.5) is 23.0 Å². The van der Waals surface area contributed by atoms with Gasteiger partial charge in [0.25, 0.3) is 0 Å². The standard InChI is InChI=1S/C28H40ClN7O3S/c1-6-26(37)31-22-16-23(25(38-4)17-24(22)35-13-9-19(10-14-35)34(2)3)32-28-30-18-21(29)27(33-28)39-20-8-7-12-36(40-5)15-11-20/h6,16-20H,1,7-15H2,2-5H3,(H,31,37)(H,30,32,33). The zero-order chi connectivity index (χ0) is 28.6. The van der Waals surface area contributed by atoms with Crippen LogP contribution in [0.1, 0.15) is 32.1 Å². The fraction of sp³-hybridized carbons (Fsp3) is 0.536. The molecule has 12 heteroatoms. The number of rotatable bonds is 10. The van der Waals surface area contributed by atoms with Gasteiger partial charge in [0.15, 0.2) is 0 Å². The van der Waals surface area contributed by atoms with E-state index in [2.05, 4.69) is 61.6 Å². The maximum absolute atomic E-state index is 12.4. The van der Waals surface area contributed by atoms with Crippen LogP contribution in [0.25, 0.3) is 0 Å². The predicted octanol–water partition coefficient (Wildman–Crippen LogP) is 5.05. The van der Waals surface area contributed by atoms with Crippen molar-refractivity contribution in [3.05, 3.63) is 36.0 Å². The maximum atomic E-state index is 12.4. The Bertz CT molecular complexity index is 1180. The highest BCUT2D eigenvalue weighted by molar-refractivity contribution is 7.96. The van der Waals surface area contributed by atoms with Gasteiger partial charge in [-0.2, -0.15) is 4.98 Å². The number of amides is 1. The highest BCUT2D eigenvalue weighted by Gasteiger charge is 2.25. The number of halogens is 1. The van der Waals surface area contributed by atoms with Crippen LogP contribution < -0.4 is 25.0 Å². The topological polar surface area (TPSA) is 95.1 Å². The Hall–Kier alpha value is -2.73. The first-order valence-corrected chi connectivity index (χ1v) is 15.2. The summed E-state index contributed by atoms with van der Waals surface area (Å²) in [5.41, 5.74) is 2.15. The van der Waals surface area contributed by atoms with E-state index in [1.165, 1.54) is 12.3 Å². The zero-order valence-electron chi connectivity index (χ0n) is 23.8. The van der Waals surface area contributed by atoms with Crippen LogP contribution >= 0.6 is 23.5 Å². The van der Waals surface area contributed by atoms with Crippen molar-refractivity contribution >= 4 is 52.5 Å². The quantitative estimate of drug-likeness (QED) is 0.289. The van der Waals surface area contributed by atoms with Crippen LogP contribution in [-0.2, 0) is 4.79 Å². The molecule has 0 saturated carbocycles. The molecular weight excluding hydrogens is 550 g/mol. The largest absolute Gasteiger partial charge is 0.494 e. The summed E-state index contributed by atoms with van der Waals surface area (Å²) in [4.78, 5) is 25.8. The van der Waals surface area contributed by atoms with Gasteiger partial charge in [0.05, 0.1) is 30.4 Å². The van der Waals surface area contributed by atoms with E-state index in [1.807, 2.05) is 12.1 Å². The molecule has 2 aliphatic heterocycles. The van der Waals surface area contributed by atoms with Gasteiger partial charge >= 0.3 is 0 Å². The van der Waals surface area contributed by atoms with Gasteiger partial charge in [-0.05, 0) is 64.6 Å². The van der Waals surface area contributed by atoms with E-state index in [0.29, 0.717) is 40.0 Å². The first-order chi connectivity index (χ1) is 19.3. The molecule has 218 valence electrons. The van der Waals surface area contributed by atoms with Gasteiger partial charge in [-0.15, -0.1) is 0 Å². The summed E-state index contributed by atoms with van der Waals surface area (Å²) in [6.45, 7) is 7.34. The first-order valence-electron chi connectivity index (χ1n) is 13.6. The SMILES string of the molecule is C=CC(=O)Nc1cc(Nc2ncc(Cl)c(OC3CCCN(SC)CC3)n2)c(OC)cc1N1CCC(N(C)C)CC1. The number of piperidine rings is 1. The summed E-state index contributed by atoms with van der Waals surface area (Å²) < 4.78 is 14.3. The van der Waals surface area contributed by atoms with E-state index >= 15 is 0 Å². The van der Waals surface area contributed by atoms with Crippen molar-refractivity contribution in [3.63, 3.8) is 0 Å².